The Morgan fingerprint density at radius 3 is 2.40 bits per heavy atom. The lowest BCUT2D eigenvalue weighted by molar-refractivity contribution is -0.122. The van der Waals surface area contributed by atoms with E-state index in [9.17, 15) is 9.59 Å². The summed E-state index contributed by atoms with van der Waals surface area (Å²) >= 11 is 6.24. The molecule has 0 aliphatic heterocycles. The lowest BCUT2D eigenvalue weighted by atomic mass is 10.1. The van der Waals surface area contributed by atoms with Gasteiger partial charge in [-0.2, -0.15) is 0 Å². The Bertz CT molecular complexity index is 788. The highest BCUT2D eigenvalue weighted by atomic mass is 35.5. The molecule has 1 aliphatic rings. The summed E-state index contributed by atoms with van der Waals surface area (Å²) < 4.78 is 0. The summed E-state index contributed by atoms with van der Waals surface area (Å²) in [6.07, 6.45) is 1.98. The molecule has 0 spiro atoms. The Balaban J connectivity index is 1.63. The average molecular weight is 357 g/mol. The van der Waals surface area contributed by atoms with E-state index in [-0.39, 0.29) is 17.7 Å². The normalized spacial score (nSPS) is 13.4. The van der Waals surface area contributed by atoms with Gasteiger partial charge in [0.1, 0.15) is 0 Å². The minimum absolute atomic E-state index is 0.117. The Morgan fingerprint density at radius 1 is 1.12 bits per heavy atom. The number of nitrogens with one attached hydrogen (secondary N) is 2. The molecule has 0 atom stereocenters. The summed E-state index contributed by atoms with van der Waals surface area (Å²) in [5, 5.41) is 6.32. The molecule has 130 valence electrons. The fourth-order valence-electron chi connectivity index (χ4n) is 2.71. The fourth-order valence-corrected chi connectivity index (χ4v) is 3.08. The van der Waals surface area contributed by atoms with Crippen molar-refractivity contribution in [2.75, 3.05) is 5.32 Å². The molecule has 2 amide bonds. The van der Waals surface area contributed by atoms with Crippen molar-refractivity contribution in [2.45, 2.75) is 33.2 Å². The predicted octanol–water partition coefficient (Wildman–Crippen LogP) is 4.24. The van der Waals surface area contributed by atoms with Crippen molar-refractivity contribution in [3.63, 3.8) is 0 Å². The number of rotatable bonds is 5. The molecule has 1 saturated carbocycles. The van der Waals surface area contributed by atoms with Gasteiger partial charge < -0.3 is 10.6 Å². The molecule has 5 heteroatoms. The van der Waals surface area contributed by atoms with Gasteiger partial charge in [0.05, 0.1) is 10.7 Å². The molecule has 2 aromatic rings. The number of aryl methyl sites for hydroxylation is 2. The van der Waals surface area contributed by atoms with Gasteiger partial charge in [0.25, 0.3) is 5.91 Å². The van der Waals surface area contributed by atoms with Crippen molar-refractivity contribution in [2.24, 2.45) is 5.92 Å². The first-order valence-electron chi connectivity index (χ1n) is 8.39. The highest BCUT2D eigenvalue weighted by Crippen LogP contribution is 2.29. The van der Waals surface area contributed by atoms with Crippen LogP contribution in [0.2, 0.25) is 5.02 Å². The van der Waals surface area contributed by atoms with E-state index < -0.39 is 0 Å². The average Bonchev–Trinajstić information content (AvgIpc) is 3.41. The zero-order valence-corrected chi connectivity index (χ0v) is 15.1. The van der Waals surface area contributed by atoms with Crippen molar-refractivity contribution in [3.8, 4) is 0 Å². The molecule has 0 unspecified atom stereocenters. The van der Waals surface area contributed by atoms with Crippen molar-refractivity contribution in [3.05, 3.63) is 63.7 Å². The molecule has 0 heterocycles. The van der Waals surface area contributed by atoms with E-state index in [0.717, 1.165) is 29.5 Å². The van der Waals surface area contributed by atoms with E-state index >= 15 is 0 Å². The summed E-state index contributed by atoms with van der Waals surface area (Å²) in [7, 11) is 0. The van der Waals surface area contributed by atoms with Crippen LogP contribution in [0.1, 0.15) is 39.9 Å². The number of anilines is 1. The van der Waals surface area contributed by atoms with E-state index in [1.54, 1.807) is 12.1 Å². The Morgan fingerprint density at radius 2 is 1.80 bits per heavy atom. The molecule has 4 nitrogen and oxygen atoms in total. The van der Waals surface area contributed by atoms with Gasteiger partial charge in [0.2, 0.25) is 5.91 Å². The predicted molar refractivity (Wildman–Crippen MR) is 99.9 cm³/mol. The third-order valence-corrected chi connectivity index (χ3v) is 4.60. The third kappa shape index (κ3) is 4.40. The first-order valence-corrected chi connectivity index (χ1v) is 8.76. The molecule has 25 heavy (non-hydrogen) atoms. The summed E-state index contributed by atoms with van der Waals surface area (Å²) in [5.74, 6) is 0.112. The first kappa shape index (κ1) is 17.5. The van der Waals surface area contributed by atoms with Crippen molar-refractivity contribution in [1.29, 1.82) is 0 Å². The van der Waals surface area contributed by atoms with E-state index in [2.05, 4.69) is 10.6 Å². The van der Waals surface area contributed by atoms with Crippen LogP contribution in [0, 0.1) is 19.8 Å². The summed E-state index contributed by atoms with van der Waals surface area (Å²) in [6.45, 7) is 4.37. The lowest BCUT2D eigenvalue weighted by Crippen LogP contribution is -2.24. The quantitative estimate of drug-likeness (QED) is 0.842. The van der Waals surface area contributed by atoms with Crippen LogP contribution in [-0.4, -0.2) is 11.8 Å². The van der Waals surface area contributed by atoms with Gasteiger partial charge in [-0.25, -0.2) is 0 Å². The molecule has 1 fully saturated rings. The second-order valence-corrected chi connectivity index (χ2v) is 6.99. The van der Waals surface area contributed by atoms with Gasteiger partial charge in [-0.15, -0.1) is 0 Å². The Labute approximate surface area is 152 Å². The molecule has 2 N–H and O–H groups in total. The second-order valence-electron chi connectivity index (χ2n) is 6.58. The molecule has 1 aliphatic carbocycles. The number of halogens is 1. The van der Waals surface area contributed by atoms with Crippen LogP contribution in [-0.2, 0) is 11.3 Å². The van der Waals surface area contributed by atoms with Gasteiger partial charge in [-0.1, -0.05) is 29.8 Å². The van der Waals surface area contributed by atoms with Gasteiger partial charge in [-0.3, -0.25) is 9.59 Å². The maximum atomic E-state index is 12.4. The Kier molecular flexibility index (Phi) is 5.09. The van der Waals surface area contributed by atoms with Crippen molar-refractivity contribution in [1.82, 2.24) is 5.32 Å². The molecule has 3 rings (SSSR count). The number of amides is 2. The van der Waals surface area contributed by atoms with E-state index in [1.807, 2.05) is 38.1 Å². The largest absolute Gasteiger partial charge is 0.352 e. The summed E-state index contributed by atoms with van der Waals surface area (Å²) in [5.41, 5.74) is 4.14. The molecular weight excluding hydrogens is 336 g/mol. The maximum Gasteiger partial charge on any atom is 0.255 e. The van der Waals surface area contributed by atoms with Crippen LogP contribution in [0.5, 0.6) is 0 Å². The van der Waals surface area contributed by atoms with Crippen LogP contribution in [0.15, 0.2) is 36.4 Å². The third-order valence-electron chi connectivity index (χ3n) is 4.30. The fraction of sp³-hybridized carbons (Fsp3) is 0.300. The molecule has 0 bridgehead atoms. The molecule has 0 radical (unpaired) electrons. The van der Waals surface area contributed by atoms with Gasteiger partial charge in [-0.05, 0) is 61.6 Å². The number of hydrogen-bond acceptors (Lipinski definition) is 2. The first-order chi connectivity index (χ1) is 11.9. The number of carbonyl (C=O) groups excluding carboxylic acids is 2. The zero-order valence-electron chi connectivity index (χ0n) is 14.4. The summed E-state index contributed by atoms with van der Waals surface area (Å²) in [4.78, 5) is 24.1. The number of hydrogen-bond donors (Lipinski definition) is 2. The standard InChI is InChI=1S/C20H21ClN2O2/c1-12-9-13(2)18(17(21)10-12)23-20(25)16-5-3-14(4-6-16)11-22-19(24)15-7-8-15/h3-6,9-10,15H,7-8,11H2,1-2H3,(H,22,24)(H,23,25). The molecule has 0 saturated heterocycles. The van der Waals surface area contributed by atoms with E-state index in [0.29, 0.717) is 22.8 Å². The zero-order chi connectivity index (χ0) is 18.0. The lowest BCUT2D eigenvalue weighted by Gasteiger charge is -2.12. The Hall–Kier alpha value is -2.33. The van der Waals surface area contributed by atoms with Gasteiger partial charge in [0.15, 0.2) is 0 Å². The van der Waals surface area contributed by atoms with Crippen LogP contribution < -0.4 is 10.6 Å². The van der Waals surface area contributed by atoms with E-state index in [4.69, 9.17) is 11.6 Å². The van der Waals surface area contributed by atoms with Crippen LogP contribution in [0.3, 0.4) is 0 Å². The highest BCUT2D eigenvalue weighted by Gasteiger charge is 2.29. The van der Waals surface area contributed by atoms with Gasteiger partial charge >= 0.3 is 0 Å². The maximum absolute atomic E-state index is 12.4. The molecule has 2 aromatic carbocycles. The van der Waals surface area contributed by atoms with Crippen molar-refractivity contribution >= 4 is 29.1 Å². The minimum Gasteiger partial charge on any atom is -0.352 e. The molecular formula is C20H21ClN2O2. The number of carbonyl (C=O) groups is 2. The van der Waals surface area contributed by atoms with Crippen LogP contribution >= 0.6 is 11.6 Å². The van der Waals surface area contributed by atoms with Crippen LogP contribution in [0.25, 0.3) is 0 Å². The smallest absolute Gasteiger partial charge is 0.255 e. The van der Waals surface area contributed by atoms with Crippen molar-refractivity contribution < 1.29 is 9.59 Å². The van der Waals surface area contributed by atoms with Gasteiger partial charge in [0, 0.05) is 18.0 Å². The molecule has 0 aromatic heterocycles. The monoisotopic (exact) mass is 356 g/mol. The van der Waals surface area contributed by atoms with Crippen LogP contribution in [0.4, 0.5) is 5.69 Å². The second kappa shape index (κ2) is 7.28. The topological polar surface area (TPSA) is 58.2 Å². The number of benzene rings is 2. The highest BCUT2D eigenvalue weighted by molar-refractivity contribution is 6.34. The van der Waals surface area contributed by atoms with E-state index in [1.165, 1.54) is 0 Å². The minimum atomic E-state index is -0.206. The SMILES string of the molecule is Cc1cc(C)c(NC(=O)c2ccc(CNC(=O)C3CC3)cc2)c(Cl)c1. The summed E-state index contributed by atoms with van der Waals surface area (Å²) in [6, 6.07) is 11.0.